The number of pyridine rings is 1. The largest absolute Gasteiger partial charge is 0.298 e. The standard InChI is InChI=1S/C13H7BrClFN2/c14-8-3-4-9(11(16)6-8)12-7-17-13-10(15)2-1-5-18(12)13/h1-7H. The highest BCUT2D eigenvalue weighted by Gasteiger charge is 2.11. The van der Waals surface area contributed by atoms with E-state index in [1.54, 1.807) is 34.9 Å². The van der Waals surface area contributed by atoms with Crippen LogP contribution in [0.2, 0.25) is 5.02 Å². The first-order chi connectivity index (χ1) is 8.66. The predicted molar refractivity (Wildman–Crippen MR) is 73.3 cm³/mol. The van der Waals surface area contributed by atoms with Gasteiger partial charge in [0.25, 0.3) is 0 Å². The van der Waals surface area contributed by atoms with Gasteiger partial charge in [0.1, 0.15) is 5.82 Å². The summed E-state index contributed by atoms with van der Waals surface area (Å²) in [5.74, 6) is -0.300. The minimum Gasteiger partial charge on any atom is -0.298 e. The SMILES string of the molecule is Fc1cc(Br)ccc1-c1cnc2c(Cl)cccn12. The van der Waals surface area contributed by atoms with Crippen molar-refractivity contribution in [3.63, 3.8) is 0 Å². The Bertz CT molecular complexity index is 739. The van der Waals surface area contributed by atoms with E-state index >= 15 is 0 Å². The van der Waals surface area contributed by atoms with E-state index in [0.717, 1.165) is 0 Å². The second-order valence-electron chi connectivity index (χ2n) is 3.82. The molecule has 3 aromatic rings. The van der Waals surface area contributed by atoms with Gasteiger partial charge in [-0.15, -0.1) is 0 Å². The number of hydrogen-bond acceptors (Lipinski definition) is 1. The Morgan fingerprint density at radius 3 is 2.89 bits per heavy atom. The van der Waals surface area contributed by atoms with Crippen molar-refractivity contribution >= 4 is 33.2 Å². The monoisotopic (exact) mass is 324 g/mol. The van der Waals surface area contributed by atoms with Crippen molar-refractivity contribution < 1.29 is 4.39 Å². The summed E-state index contributed by atoms with van der Waals surface area (Å²) in [5.41, 5.74) is 1.79. The molecule has 18 heavy (non-hydrogen) atoms. The fourth-order valence-electron chi connectivity index (χ4n) is 1.87. The maximum atomic E-state index is 13.9. The lowest BCUT2D eigenvalue weighted by molar-refractivity contribution is 0.629. The molecule has 2 aromatic heterocycles. The maximum Gasteiger partial charge on any atom is 0.156 e. The van der Waals surface area contributed by atoms with E-state index in [4.69, 9.17) is 11.6 Å². The molecule has 3 rings (SSSR count). The normalized spacial score (nSPS) is 11.1. The molecule has 0 fully saturated rings. The van der Waals surface area contributed by atoms with Crippen LogP contribution in [0.5, 0.6) is 0 Å². The van der Waals surface area contributed by atoms with Gasteiger partial charge >= 0.3 is 0 Å². The zero-order valence-electron chi connectivity index (χ0n) is 9.07. The van der Waals surface area contributed by atoms with Crippen molar-refractivity contribution in [3.8, 4) is 11.3 Å². The summed E-state index contributed by atoms with van der Waals surface area (Å²) < 4.78 is 16.4. The van der Waals surface area contributed by atoms with Crippen LogP contribution in [0.3, 0.4) is 0 Å². The Kier molecular flexibility index (Phi) is 2.84. The third kappa shape index (κ3) is 1.82. The van der Waals surface area contributed by atoms with Crippen LogP contribution in [-0.4, -0.2) is 9.38 Å². The van der Waals surface area contributed by atoms with Gasteiger partial charge in [-0.25, -0.2) is 9.37 Å². The summed E-state index contributed by atoms with van der Waals surface area (Å²) in [7, 11) is 0. The summed E-state index contributed by atoms with van der Waals surface area (Å²) in [6.45, 7) is 0. The second-order valence-corrected chi connectivity index (χ2v) is 5.14. The molecule has 5 heteroatoms. The third-order valence-corrected chi connectivity index (χ3v) is 3.48. The lowest BCUT2D eigenvalue weighted by Crippen LogP contribution is -1.90. The van der Waals surface area contributed by atoms with Crippen LogP contribution in [-0.2, 0) is 0 Å². The molecule has 0 bridgehead atoms. The highest BCUT2D eigenvalue weighted by Crippen LogP contribution is 2.28. The van der Waals surface area contributed by atoms with E-state index < -0.39 is 0 Å². The minimum absolute atomic E-state index is 0.300. The van der Waals surface area contributed by atoms with Gasteiger partial charge in [-0.1, -0.05) is 27.5 Å². The number of halogens is 3. The quantitative estimate of drug-likeness (QED) is 0.641. The Labute approximate surface area is 116 Å². The number of imidazole rings is 1. The van der Waals surface area contributed by atoms with Crippen LogP contribution in [0.15, 0.2) is 47.2 Å². The number of benzene rings is 1. The average molecular weight is 326 g/mol. The van der Waals surface area contributed by atoms with E-state index in [-0.39, 0.29) is 5.82 Å². The molecule has 2 heterocycles. The molecule has 0 saturated carbocycles. The molecule has 0 aliphatic rings. The first-order valence-electron chi connectivity index (χ1n) is 5.24. The van der Waals surface area contributed by atoms with Gasteiger partial charge in [-0.3, -0.25) is 4.40 Å². The van der Waals surface area contributed by atoms with Crippen molar-refractivity contribution in [2.45, 2.75) is 0 Å². The van der Waals surface area contributed by atoms with Gasteiger partial charge in [0.15, 0.2) is 5.65 Å². The lowest BCUT2D eigenvalue weighted by atomic mass is 10.1. The summed E-state index contributed by atoms with van der Waals surface area (Å²) >= 11 is 9.28. The molecular formula is C13H7BrClFN2. The predicted octanol–water partition coefficient (Wildman–Crippen LogP) is 4.56. The first-order valence-corrected chi connectivity index (χ1v) is 6.41. The zero-order chi connectivity index (χ0) is 12.7. The minimum atomic E-state index is -0.300. The molecule has 0 radical (unpaired) electrons. The molecule has 0 spiro atoms. The number of nitrogens with zero attached hydrogens (tertiary/aromatic N) is 2. The molecule has 0 amide bonds. The van der Waals surface area contributed by atoms with Crippen molar-refractivity contribution in [2.24, 2.45) is 0 Å². The Morgan fingerprint density at radius 1 is 1.28 bits per heavy atom. The summed E-state index contributed by atoms with van der Waals surface area (Å²) in [6, 6.07) is 8.49. The van der Waals surface area contributed by atoms with Crippen molar-refractivity contribution in [2.75, 3.05) is 0 Å². The highest BCUT2D eigenvalue weighted by atomic mass is 79.9. The summed E-state index contributed by atoms with van der Waals surface area (Å²) in [5, 5.41) is 0.543. The molecule has 0 saturated heterocycles. The van der Waals surface area contributed by atoms with Crippen LogP contribution in [0.1, 0.15) is 0 Å². The van der Waals surface area contributed by atoms with Gasteiger partial charge < -0.3 is 0 Å². The zero-order valence-corrected chi connectivity index (χ0v) is 11.4. The molecule has 1 aromatic carbocycles. The molecule has 0 N–H and O–H groups in total. The van der Waals surface area contributed by atoms with E-state index in [9.17, 15) is 4.39 Å². The van der Waals surface area contributed by atoms with Crippen LogP contribution >= 0.6 is 27.5 Å². The topological polar surface area (TPSA) is 17.3 Å². The van der Waals surface area contributed by atoms with Crippen LogP contribution in [0.25, 0.3) is 16.9 Å². The second kappa shape index (κ2) is 4.37. The van der Waals surface area contributed by atoms with Gasteiger partial charge in [0, 0.05) is 16.2 Å². The average Bonchev–Trinajstić information content (AvgIpc) is 2.74. The van der Waals surface area contributed by atoms with E-state index in [1.807, 2.05) is 6.20 Å². The van der Waals surface area contributed by atoms with Crippen LogP contribution < -0.4 is 0 Å². The van der Waals surface area contributed by atoms with Gasteiger partial charge in [-0.2, -0.15) is 0 Å². The fourth-order valence-corrected chi connectivity index (χ4v) is 2.42. The summed E-state index contributed by atoms with van der Waals surface area (Å²) in [6.07, 6.45) is 3.43. The summed E-state index contributed by atoms with van der Waals surface area (Å²) in [4.78, 5) is 4.21. The number of fused-ring (bicyclic) bond motifs is 1. The molecule has 90 valence electrons. The molecule has 0 aliphatic heterocycles. The van der Waals surface area contributed by atoms with Gasteiger partial charge in [0.2, 0.25) is 0 Å². The number of rotatable bonds is 1. The van der Waals surface area contributed by atoms with E-state index in [1.165, 1.54) is 6.07 Å². The highest BCUT2D eigenvalue weighted by molar-refractivity contribution is 9.10. The molecule has 0 aliphatic carbocycles. The van der Waals surface area contributed by atoms with E-state index in [2.05, 4.69) is 20.9 Å². The Balaban J connectivity index is 2.29. The molecular weight excluding hydrogens is 319 g/mol. The fraction of sp³-hybridized carbons (Fsp3) is 0. The van der Waals surface area contributed by atoms with Crippen molar-refractivity contribution in [3.05, 3.63) is 58.0 Å². The molecule has 0 unspecified atom stereocenters. The van der Waals surface area contributed by atoms with Crippen molar-refractivity contribution in [1.29, 1.82) is 0 Å². The molecule has 2 nitrogen and oxygen atoms in total. The first kappa shape index (κ1) is 11.7. The van der Waals surface area contributed by atoms with Crippen LogP contribution in [0.4, 0.5) is 4.39 Å². The van der Waals surface area contributed by atoms with E-state index in [0.29, 0.717) is 26.4 Å². The lowest BCUT2D eigenvalue weighted by Gasteiger charge is -2.04. The molecule has 0 atom stereocenters. The third-order valence-electron chi connectivity index (χ3n) is 2.70. The van der Waals surface area contributed by atoms with Crippen molar-refractivity contribution in [1.82, 2.24) is 9.38 Å². The smallest absolute Gasteiger partial charge is 0.156 e. The van der Waals surface area contributed by atoms with Crippen LogP contribution in [0, 0.1) is 5.82 Å². The Hall–Kier alpha value is -1.39. The van der Waals surface area contributed by atoms with Gasteiger partial charge in [-0.05, 0) is 30.3 Å². The van der Waals surface area contributed by atoms with Gasteiger partial charge in [0.05, 0.1) is 16.9 Å². The maximum absolute atomic E-state index is 13.9. The number of aromatic nitrogens is 2. The number of hydrogen-bond donors (Lipinski definition) is 0. The Morgan fingerprint density at radius 2 is 2.11 bits per heavy atom.